The van der Waals surface area contributed by atoms with E-state index in [1.165, 1.54) is 11.3 Å². The summed E-state index contributed by atoms with van der Waals surface area (Å²) >= 11 is 7.30. The third kappa shape index (κ3) is 3.86. The first-order valence-corrected chi connectivity index (χ1v) is 7.64. The molecule has 2 atom stereocenters. The number of hydrogen-bond acceptors (Lipinski definition) is 3. The molecule has 7 heteroatoms. The lowest BCUT2D eigenvalue weighted by molar-refractivity contribution is -0.141. The van der Waals surface area contributed by atoms with Crippen molar-refractivity contribution < 1.29 is 14.7 Å². The van der Waals surface area contributed by atoms with Crippen molar-refractivity contribution in [2.24, 2.45) is 5.92 Å². The first-order valence-electron chi connectivity index (χ1n) is 6.44. The number of urea groups is 1. The number of aliphatic carboxylic acids is 1. The lowest BCUT2D eigenvalue weighted by Crippen LogP contribution is -2.41. The van der Waals surface area contributed by atoms with E-state index in [-0.39, 0.29) is 18.0 Å². The summed E-state index contributed by atoms with van der Waals surface area (Å²) in [6.45, 7) is 0.498. The minimum absolute atomic E-state index is 0.0435. The molecule has 5 nitrogen and oxygen atoms in total. The molecule has 0 unspecified atom stereocenters. The van der Waals surface area contributed by atoms with Crippen LogP contribution in [0.1, 0.15) is 24.1 Å². The molecule has 0 saturated heterocycles. The number of carboxylic acids is 1. The number of rotatable bonds is 4. The van der Waals surface area contributed by atoms with Crippen LogP contribution >= 0.6 is 22.9 Å². The minimum Gasteiger partial charge on any atom is -0.481 e. The van der Waals surface area contributed by atoms with E-state index in [4.69, 9.17) is 16.7 Å². The molecule has 0 bridgehead atoms. The molecule has 110 valence electrons. The van der Waals surface area contributed by atoms with Crippen LogP contribution in [0.5, 0.6) is 0 Å². The highest BCUT2D eigenvalue weighted by atomic mass is 35.5. The number of hydrogen-bond donors (Lipinski definition) is 2. The monoisotopic (exact) mass is 316 g/mol. The minimum atomic E-state index is -0.775. The Kier molecular flexibility index (Phi) is 4.88. The summed E-state index contributed by atoms with van der Waals surface area (Å²) < 4.78 is 0.703. The van der Waals surface area contributed by atoms with Crippen molar-refractivity contribution >= 4 is 34.9 Å². The third-order valence-corrected chi connectivity index (χ3v) is 4.69. The summed E-state index contributed by atoms with van der Waals surface area (Å²) in [6, 6.07) is 3.48. The molecule has 1 aromatic heterocycles. The smallest absolute Gasteiger partial charge is 0.317 e. The topological polar surface area (TPSA) is 69.6 Å². The number of nitrogens with one attached hydrogen (secondary N) is 1. The van der Waals surface area contributed by atoms with Crippen LogP contribution in [0.4, 0.5) is 4.79 Å². The number of halogens is 1. The Balaban J connectivity index is 1.81. The van der Waals surface area contributed by atoms with Gasteiger partial charge in [-0.05, 0) is 31.4 Å². The van der Waals surface area contributed by atoms with Gasteiger partial charge in [-0.15, -0.1) is 11.3 Å². The van der Waals surface area contributed by atoms with Crippen molar-refractivity contribution in [1.29, 1.82) is 0 Å². The summed E-state index contributed by atoms with van der Waals surface area (Å²) in [4.78, 5) is 25.5. The van der Waals surface area contributed by atoms with E-state index >= 15 is 0 Å². The van der Waals surface area contributed by atoms with Gasteiger partial charge in [-0.1, -0.05) is 11.6 Å². The second-order valence-electron chi connectivity index (χ2n) is 5.06. The second kappa shape index (κ2) is 6.45. The molecule has 1 aliphatic rings. The Hall–Kier alpha value is -1.27. The van der Waals surface area contributed by atoms with Gasteiger partial charge in [0.1, 0.15) is 0 Å². The van der Waals surface area contributed by atoms with Crippen LogP contribution < -0.4 is 5.32 Å². The van der Waals surface area contributed by atoms with E-state index < -0.39 is 5.97 Å². The van der Waals surface area contributed by atoms with Crippen LogP contribution in [0.3, 0.4) is 0 Å². The van der Waals surface area contributed by atoms with Gasteiger partial charge in [0.25, 0.3) is 0 Å². The highest BCUT2D eigenvalue weighted by Gasteiger charge is 2.31. The summed E-state index contributed by atoms with van der Waals surface area (Å²) in [5, 5.41) is 11.8. The molecule has 2 rings (SSSR count). The van der Waals surface area contributed by atoms with E-state index in [1.807, 2.05) is 12.1 Å². The molecule has 1 aromatic rings. The van der Waals surface area contributed by atoms with E-state index in [9.17, 15) is 9.59 Å². The fourth-order valence-electron chi connectivity index (χ4n) is 2.36. The first kappa shape index (κ1) is 15.1. The molecular weight excluding hydrogens is 300 g/mol. The molecule has 1 aliphatic carbocycles. The van der Waals surface area contributed by atoms with Crippen molar-refractivity contribution in [1.82, 2.24) is 10.2 Å². The van der Waals surface area contributed by atoms with Gasteiger partial charge < -0.3 is 15.3 Å². The second-order valence-corrected chi connectivity index (χ2v) is 6.86. The number of carbonyl (C=O) groups excluding carboxylic acids is 1. The number of nitrogens with zero attached hydrogens (tertiary/aromatic N) is 1. The van der Waals surface area contributed by atoms with Gasteiger partial charge in [0.05, 0.1) is 16.8 Å². The molecule has 20 heavy (non-hydrogen) atoms. The van der Waals surface area contributed by atoms with Gasteiger partial charge in [-0.2, -0.15) is 0 Å². The molecule has 0 aromatic carbocycles. The first-order chi connectivity index (χ1) is 9.45. The van der Waals surface area contributed by atoms with Gasteiger partial charge in [0.15, 0.2) is 0 Å². The third-order valence-electron chi connectivity index (χ3n) is 3.48. The largest absolute Gasteiger partial charge is 0.481 e. The predicted octanol–water partition coefficient (Wildman–Crippen LogP) is 2.80. The van der Waals surface area contributed by atoms with Crippen LogP contribution in [0.15, 0.2) is 12.1 Å². The van der Waals surface area contributed by atoms with Crippen LogP contribution in [0.25, 0.3) is 0 Å². The lowest BCUT2D eigenvalue weighted by Gasteiger charge is -2.20. The lowest BCUT2D eigenvalue weighted by atomic mass is 10.1. The summed E-state index contributed by atoms with van der Waals surface area (Å²) in [6.07, 6.45) is 1.87. The van der Waals surface area contributed by atoms with Crippen molar-refractivity contribution in [2.75, 3.05) is 7.05 Å². The van der Waals surface area contributed by atoms with E-state index in [0.29, 0.717) is 23.7 Å². The van der Waals surface area contributed by atoms with Crippen molar-refractivity contribution in [3.05, 3.63) is 21.3 Å². The molecule has 1 saturated carbocycles. The molecule has 0 spiro atoms. The quantitative estimate of drug-likeness (QED) is 0.897. The predicted molar refractivity (Wildman–Crippen MR) is 78.1 cm³/mol. The van der Waals surface area contributed by atoms with E-state index in [2.05, 4.69) is 5.32 Å². The Morgan fingerprint density at radius 2 is 2.25 bits per heavy atom. The molecule has 2 N–H and O–H groups in total. The van der Waals surface area contributed by atoms with E-state index in [1.54, 1.807) is 11.9 Å². The average Bonchev–Trinajstić information content (AvgIpc) is 2.98. The van der Waals surface area contributed by atoms with E-state index in [0.717, 1.165) is 11.3 Å². The fraction of sp³-hybridized carbons (Fsp3) is 0.538. The maximum absolute atomic E-state index is 12.0. The molecule has 0 radical (unpaired) electrons. The zero-order valence-electron chi connectivity index (χ0n) is 11.1. The normalized spacial score (nSPS) is 21.7. The van der Waals surface area contributed by atoms with Gasteiger partial charge in [0, 0.05) is 18.0 Å². The summed E-state index contributed by atoms with van der Waals surface area (Å²) in [5.74, 6) is -1.11. The molecular formula is C13H17ClN2O3S. The maximum atomic E-state index is 12.0. The summed E-state index contributed by atoms with van der Waals surface area (Å²) in [5.41, 5.74) is 0. The Labute approximate surface area is 126 Å². The zero-order chi connectivity index (χ0) is 14.7. The zero-order valence-corrected chi connectivity index (χ0v) is 12.7. The average molecular weight is 317 g/mol. The number of carboxylic acid groups (broad SMARTS) is 1. The molecule has 1 fully saturated rings. The Bertz CT molecular complexity index is 506. The van der Waals surface area contributed by atoms with Crippen molar-refractivity contribution in [2.45, 2.75) is 31.8 Å². The standard InChI is InChI=1S/C13H17ClN2O3S/c1-16(7-10-4-5-11(14)20-10)13(19)15-9-3-2-8(6-9)12(17)18/h4-5,8-9H,2-3,6-7H2,1H3,(H,15,19)(H,17,18)/t8-,9+/m1/s1. The highest BCUT2D eigenvalue weighted by Crippen LogP contribution is 2.26. The van der Waals surface area contributed by atoms with Gasteiger partial charge in [0.2, 0.25) is 0 Å². The van der Waals surface area contributed by atoms with Crippen molar-refractivity contribution in [3.8, 4) is 0 Å². The molecule has 0 aliphatic heterocycles. The maximum Gasteiger partial charge on any atom is 0.317 e. The Morgan fingerprint density at radius 1 is 1.50 bits per heavy atom. The summed E-state index contributed by atoms with van der Waals surface area (Å²) in [7, 11) is 1.71. The van der Waals surface area contributed by atoms with Crippen LogP contribution in [-0.4, -0.2) is 35.1 Å². The van der Waals surface area contributed by atoms with Gasteiger partial charge in [-0.3, -0.25) is 4.79 Å². The van der Waals surface area contributed by atoms with Crippen LogP contribution in [0.2, 0.25) is 4.34 Å². The molecule has 1 heterocycles. The number of thiophene rings is 1. The highest BCUT2D eigenvalue weighted by molar-refractivity contribution is 7.16. The van der Waals surface area contributed by atoms with Crippen molar-refractivity contribution in [3.63, 3.8) is 0 Å². The SMILES string of the molecule is CN(Cc1ccc(Cl)s1)C(=O)N[C@H]1CC[C@@H](C(=O)O)C1. The van der Waals surface area contributed by atoms with Gasteiger partial charge in [-0.25, -0.2) is 4.79 Å². The van der Waals surface area contributed by atoms with Crippen LogP contribution in [-0.2, 0) is 11.3 Å². The van der Waals surface area contributed by atoms with Crippen LogP contribution in [0, 0.1) is 5.92 Å². The number of amides is 2. The number of carbonyl (C=O) groups is 2. The Morgan fingerprint density at radius 3 is 2.80 bits per heavy atom. The van der Waals surface area contributed by atoms with Gasteiger partial charge >= 0.3 is 12.0 Å². The fourth-order valence-corrected chi connectivity index (χ4v) is 3.51. The molecule has 2 amide bonds.